The average molecular weight is 411 g/mol. The number of likely N-dealkylation sites (N-methyl/N-ethyl adjacent to an activating group) is 1. The van der Waals surface area contributed by atoms with E-state index in [-0.39, 0.29) is 6.10 Å². The summed E-state index contributed by atoms with van der Waals surface area (Å²) in [6.45, 7) is 12.1. The summed E-state index contributed by atoms with van der Waals surface area (Å²) in [7, 11) is 4.37. The predicted molar refractivity (Wildman–Crippen MR) is 131 cm³/mol. The van der Waals surface area contributed by atoms with E-state index in [9.17, 15) is 0 Å². The van der Waals surface area contributed by atoms with Crippen LogP contribution in [0.15, 0.2) is 54.6 Å². The molecule has 0 radical (unpaired) electrons. The van der Waals surface area contributed by atoms with E-state index in [1.165, 1.54) is 24.1 Å². The molecule has 0 N–H and O–H groups in total. The van der Waals surface area contributed by atoms with Crippen molar-refractivity contribution in [2.45, 2.75) is 53.1 Å². The molecule has 0 aromatic heterocycles. The van der Waals surface area contributed by atoms with Gasteiger partial charge in [0.25, 0.3) is 0 Å². The molecule has 2 unspecified atom stereocenters. The fourth-order valence-electron chi connectivity index (χ4n) is 3.46. The monoisotopic (exact) mass is 410 g/mol. The molecule has 166 valence electrons. The Morgan fingerprint density at radius 1 is 0.900 bits per heavy atom. The van der Waals surface area contributed by atoms with Crippen LogP contribution >= 0.6 is 0 Å². The van der Waals surface area contributed by atoms with Crippen molar-refractivity contribution in [2.75, 3.05) is 38.6 Å². The van der Waals surface area contributed by atoms with E-state index in [1.54, 1.807) is 0 Å². The number of benzene rings is 2. The molecule has 0 aliphatic carbocycles. The summed E-state index contributed by atoms with van der Waals surface area (Å²) in [5.41, 5.74) is 2.62. The topological polar surface area (TPSA) is 15.7 Å². The van der Waals surface area contributed by atoms with E-state index in [4.69, 9.17) is 4.74 Å². The van der Waals surface area contributed by atoms with E-state index in [0.29, 0.717) is 5.92 Å². The second-order valence-corrected chi connectivity index (χ2v) is 9.12. The first-order valence-electron chi connectivity index (χ1n) is 11.6. The molecular weight excluding hydrogens is 368 g/mol. The smallest absolute Gasteiger partial charge is 0.121 e. The Hall–Kier alpha value is -2.00. The first-order valence-corrected chi connectivity index (χ1v) is 11.6. The Kier molecular flexibility index (Phi) is 10.2. The number of rotatable bonds is 13. The molecule has 0 heterocycles. The van der Waals surface area contributed by atoms with Crippen LogP contribution < -0.4 is 9.64 Å². The highest BCUT2D eigenvalue weighted by Gasteiger charge is 2.18. The second kappa shape index (κ2) is 12.6. The van der Waals surface area contributed by atoms with Crippen LogP contribution in [0.5, 0.6) is 5.75 Å². The number of hydrogen-bond acceptors (Lipinski definition) is 3. The van der Waals surface area contributed by atoms with Crippen molar-refractivity contribution in [1.29, 1.82) is 0 Å². The van der Waals surface area contributed by atoms with Gasteiger partial charge >= 0.3 is 0 Å². The fraction of sp³-hybridized carbons (Fsp3) is 0.556. The minimum atomic E-state index is 0.173. The zero-order chi connectivity index (χ0) is 21.9. The summed E-state index contributed by atoms with van der Waals surface area (Å²) in [6.07, 6.45) is 3.70. The van der Waals surface area contributed by atoms with Crippen LogP contribution in [0.2, 0.25) is 0 Å². The van der Waals surface area contributed by atoms with Gasteiger partial charge in [0.2, 0.25) is 0 Å². The minimum absolute atomic E-state index is 0.173. The molecule has 0 saturated heterocycles. The molecular formula is C27H42N2O. The lowest BCUT2D eigenvalue weighted by molar-refractivity contribution is 0.108. The Morgan fingerprint density at radius 3 is 2.30 bits per heavy atom. The number of nitrogens with zero attached hydrogens (tertiary/aromatic N) is 2. The van der Waals surface area contributed by atoms with Gasteiger partial charge in [0.15, 0.2) is 0 Å². The maximum absolute atomic E-state index is 6.47. The predicted octanol–water partition coefficient (Wildman–Crippen LogP) is 6.14. The van der Waals surface area contributed by atoms with Gasteiger partial charge in [0.05, 0.1) is 0 Å². The lowest BCUT2D eigenvalue weighted by atomic mass is 10.1. The average Bonchev–Trinajstić information content (AvgIpc) is 2.76. The molecule has 0 fully saturated rings. The molecule has 0 saturated carbocycles. The van der Waals surface area contributed by atoms with Crippen molar-refractivity contribution in [1.82, 2.24) is 4.90 Å². The van der Waals surface area contributed by atoms with Crippen molar-refractivity contribution in [2.24, 2.45) is 11.8 Å². The van der Waals surface area contributed by atoms with Gasteiger partial charge in [-0.3, -0.25) is 0 Å². The Morgan fingerprint density at radius 2 is 1.63 bits per heavy atom. The standard InChI is InChI=1S/C27H42N2O/c1-7-23(4)16-19-29(6)25-14-11-15-26(20-25)30-27(22(2)3)21-28(5)18-17-24-12-9-8-10-13-24/h8-15,20,22-23,27H,7,16-19,21H2,1-6H3. The molecule has 0 amide bonds. The summed E-state index contributed by atoms with van der Waals surface area (Å²) in [5.74, 6) is 2.19. The van der Waals surface area contributed by atoms with Gasteiger partial charge in [-0.15, -0.1) is 0 Å². The SMILES string of the molecule is CCC(C)CCN(C)c1cccc(OC(CN(C)CCc2ccccc2)C(C)C)c1. The number of anilines is 1. The highest BCUT2D eigenvalue weighted by atomic mass is 16.5. The quantitative estimate of drug-likeness (QED) is 0.395. The van der Waals surface area contributed by atoms with Gasteiger partial charge in [-0.1, -0.05) is 70.5 Å². The number of ether oxygens (including phenoxy) is 1. The van der Waals surface area contributed by atoms with Gasteiger partial charge in [-0.2, -0.15) is 0 Å². The summed E-state index contributed by atoms with van der Waals surface area (Å²) in [6, 6.07) is 19.3. The largest absolute Gasteiger partial charge is 0.489 e. The summed E-state index contributed by atoms with van der Waals surface area (Å²) < 4.78 is 6.47. The van der Waals surface area contributed by atoms with Crippen LogP contribution in [0.3, 0.4) is 0 Å². The third-order valence-electron chi connectivity index (χ3n) is 6.06. The Bertz CT molecular complexity index is 716. The zero-order valence-electron chi connectivity index (χ0n) is 20.0. The van der Waals surface area contributed by atoms with Gasteiger partial charge < -0.3 is 14.5 Å². The highest BCUT2D eigenvalue weighted by Crippen LogP contribution is 2.24. The molecule has 0 aliphatic rings. The van der Waals surface area contributed by atoms with Crippen LogP contribution in [-0.2, 0) is 6.42 Å². The first kappa shape index (κ1) is 24.3. The van der Waals surface area contributed by atoms with E-state index < -0.39 is 0 Å². The van der Waals surface area contributed by atoms with Crippen molar-refractivity contribution in [3.05, 3.63) is 60.2 Å². The molecule has 0 bridgehead atoms. The van der Waals surface area contributed by atoms with Crippen LogP contribution in [0.1, 0.15) is 46.1 Å². The third kappa shape index (κ3) is 8.39. The van der Waals surface area contributed by atoms with Crippen LogP contribution in [0.25, 0.3) is 0 Å². The molecule has 3 heteroatoms. The Labute approximate surface area is 185 Å². The van der Waals surface area contributed by atoms with E-state index in [1.807, 2.05) is 0 Å². The first-order chi connectivity index (χ1) is 14.4. The Balaban J connectivity index is 1.92. The molecule has 2 aromatic carbocycles. The van der Waals surface area contributed by atoms with Crippen molar-refractivity contribution in [3.8, 4) is 5.75 Å². The van der Waals surface area contributed by atoms with Crippen LogP contribution in [0.4, 0.5) is 5.69 Å². The van der Waals surface area contributed by atoms with Crippen LogP contribution in [-0.4, -0.2) is 44.7 Å². The maximum atomic E-state index is 6.47. The molecule has 0 aliphatic heterocycles. The molecule has 2 aromatic rings. The molecule has 30 heavy (non-hydrogen) atoms. The van der Waals surface area contributed by atoms with Gasteiger partial charge in [-0.25, -0.2) is 0 Å². The van der Waals surface area contributed by atoms with Crippen molar-refractivity contribution >= 4 is 5.69 Å². The minimum Gasteiger partial charge on any atom is -0.489 e. The lowest BCUT2D eigenvalue weighted by Gasteiger charge is -2.28. The zero-order valence-corrected chi connectivity index (χ0v) is 20.0. The summed E-state index contributed by atoms with van der Waals surface area (Å²) in [4.78, 5) is 4.73. The molecule has 2 rings (SSSR count). The fourth-order valence-corrected chi connectivity index (χ4v) is 3.46. The van der Waals surface area contributed by atoms with Crippen molar-refractivity contribution in [3.63, 3.8) is 0 Å². The molecule has 0 spiro atoms. The van der Waals surface area contributed by atoms with E-state index in [2.05, 4.69) is 106 Å². The summed E-state index contributed by atoms with van der Waals surface area (Å²) >= 11 is 0. The van der Waals surface area contributed by atoms with E-state index >= 15 is 0 Å². The van der Waals surface area contributed by atoms with Gasteiger partial charge in [-0.05, 0) is 49.4 Å². The normalized spacial score (nSPS) is 13.5. The second-order valence-electron chi connectivity index (χ2n) is 9.12. The number of hydrogen-bond donors (Lipinski definition) is 0. The maximum Gasteiger partial charge on any atom is 0.121 e. The third-order valence-corrected chi connectivity index (χ3v) is 6.06. The highest BCUT2D eigenvalue weighted by molar-refractivity contribution is 5.50. The van der Waals surface area contributed by atoms with Crippen LogP contribution in [0, 0.1) is 11.8 Å². The van der Waals surface area contributed by atoms with Gasteiger partial charge in [0.1, 0.15) is 11.9 Å². The van der Waals surface area contributed by atoms with E-state index in [0.717, 1.165) is 37.7 Å². The molecule has 2 atom stereocenters. The van der Waals surface area contributed by atoms with Crippen molar-refractivity contribution < 1.29 is 4.74 Å². The van der Waals surface area contributed by atoms with Gasteiger partial charge in [0, 0.05) is 38.4 Å². The lowest BCUT2D eigenvalue weighted by Crippen LogP contribution is -2.37. The molecule has 3 nitrogen and oxygen atoms in total. The summed E-state index contributed by atoms with van der Waals surface area (Å²) in [5, 5.41) is 0.